The average Bonchev–Trinajstić information content (AvgIpc) is 3.32. The van der Waals surface area contributed by atoms with Crippen LogP contribution in [0.3, 0.4) is 0 Å². The molecule has 6 heteroatoms. The molecule has 0 radical (unpaired) electrons. The maximum atomic E-state index is 4.86. The van der Waals surface area contributed by atoms with Crippen LogP contribution in [0, 0.1) is 6.92 Å². The molecule has 0 saturated heterocycles. The van der Waals surface area contributed by atoms with Gasteiger partial charge in [-0.3, -0.25) is 14.3 Å². The Balaban J connectivity index is 1.73. The number of hydrogen-bond donors (Lipinski definition) is 0. The Bertz CT molecular complexity index is 1290. The number of benzene rings is 1. The number of rotatable bonds is 4. The predicted octanol–water partition coefficient (Wildman–Crippen LogP) is 4.25. The molecule has 6 nitrogen and oxygen atoms in total. The van der Waals surface area contributed by atoms with E-state index in [1.165, 1.54) is 5.56 Å². The maximum absolute atomic E-state index is 4.86. The number of hydrogen-bond acceptors (Lipinski definition) is 4. The third kappa shape index (κ3) is 3.18. The van der Waals surface area contributed by atoms with Gasteiger partial charge in [-0.2, -0.15) is 10.2 Å². The number of fused-ring (bicyclic) bond motifs is 1. The zero-order chi connectivity index (χ0) is 19.8. The second-order valence-electron chi connectivity index (χ2n) is 7.10. The summed E-state index contributed by atoms with van der Waals surface area (Å²) < 4.78 is 3.80. The number of pyridine rings is 2. The summed E-state index contributed by atoms with van der Waals surface area (Å²) in [5.41, 5.74) is 6.75. The van der Waals surface area contributed by atoms with Crippen molar-refractivity contribution in [3.8, 4) is 22.5 Å². The fourth-order valence-corrected chi connectivity index (χ4v) is 3.61. The Kier molecular flexibility index (Phi) is 4.17. The summed E-state index contributed by atoms with van der Waals surface area (Å²) in [5, 5.41) is 10.2. The standard InChI is InChI=1S/C23H20N6/c1-16-22-19(20-10-6-7-11-24-20)12-21(18-13-25-28(2)15-18)26-23(22)27-29(16)14-17-8-4-3-5-9-17/h3-13,15H,14H2,1-2H3. The topological polar surface area (TPSA) is 61.4 Å². The summed E-state index contributed by atoms with van der Waals surface area (Å²) in [4.78, 5) is 9.44. The quantitative estimate of drug-likeness (QED) is 0.468. The van der Waals surface area contributed by atoms with Gasteiger partial charge in [-0.15, -0.1) is 0 Å². The van der Waals surface area contributed by atoms with E-state index in [1.807, 2.05) is 66.7 Å². The van der Waals surface area contributed by atoms with Crippen molar-refractivity contribution >= 4 is 11.0 Å². The summed E-state index contributed by atoms with van der Waals surface area (Å²) in [5.74, 6) is 0. The molecule has 0 amide bonds. The minimum absolute atomic E-state index is 0.701. The van der Waals surface area contributed by atoms with Crippen LogP contribution in [-0.4, -0.2) is 29.5 Å². The third-order valence-corrected chi connectivity index (χ3v) is 5.08. The molecule has 5 aromatic rings. The molecule has 0 fully saturated rings. The molecule has 0 spiro atoms. The zero-order valence-electron chi connectivity index (χ0n) is 16.3. The molecule has 0 atom stereocenters. The predicted molar refractivity (Wildman–Crippen MR) is 113 cm³/mol. The van der Waals surface area contributed by atoms with Gasteiger partial charge in [-0.25, -0.2) is 4.98 Å². The summed E-state index contributed by atoms with van der Waals surface area (Å²) in [7, 11) is 1.90. The molecule has 0 saturated carbocycles. The van der Waals surface area contributed by atoms with E-state index < -0.39 is 0 Å². The van der Waals surface area contributed by atoms with Crippen molar-refractivity contribution in [2.75, 3.05) is 0 Å². The molecule has 0 aliphatic heterocycles. The second-order valence-corrected chi connectivity index (χ2v) is 7.10. The highest BCUT2D eigenvalue weighted by Gasteiger charge is 2.18. The monoisotopic (exact) mass is 380 g/mol. The smallest absolute Gasteiger partial charge is 0.182 e. The molecular formula is C23H20N6. The Morgan fingerprint density at radius 1 is 0.966 bits per heavy atom. The van der Waals surface area contributed by atoms with Crippen molar-refractivity contribution in [1.29, 1.82) is 0 Å². The van der Waals surface area contributed by atoms with Gasteiger partial charge < -0.3 is 0 Å². The second kappa shape index (κ2) is 6.98. The first-order valence-corrected chi connectivity index (χ1v) is 9.51. The van der Waals surface area contributed by atoms with Crippen LogP contribution < -0.4 is 0 Å². The number of aryl methyl sites for hydroxylation is 2. The summed E-state index contributed by atoms with van der Waals surface area (Å²) in [6.07, 6.45) is 5.60. The van der Waals surface area contributed by atoms with Gasteiger partial charge in [0.1, 0.15) is 0 Å². The fourth-order valence-electron chi connectivity index (χ4n) is 3.61. The van der Waals surface area contributed by atoms with Crippen molar-refractivity contribution in [1.82, 2.24) is 29.5 Å². The summed E-state index contributed by atoms with van der Waals surface area (Å²) >= 11 is 0. The van der Waals surface area contributed by atoms with Crippen LogP contribution in [0.4, 0.5) is 0 Å². The highest BCUT2D eigenvalue weighted by molar-refractivity contribution is 5.95. The van der Waals surface area contributed by atoms with Gasteiger partial charge in [0.05, 0.1) is 29.5 Å². The first-order valence-electron chi connectivity index (χ1n) is 9.51. The summed E-state index contributed by atoms with van der Waals surface area (Å²) in [6.45, 7) is 2.79. The lowest BCUT2D eigenvalue weighted by atomic mass is 10.0. The number of nitrogens with zero attached hydrogens (tertiary/aromatic N) is 6. The van der Waals surface area contributed by atoms with Crippen LogP contribution in [0.5, 0.6) is 0 Å². The van der Waals surface area contributed by atoms with E-state index in [2.05, 4.69) is 35.2 Å². The largest absolute Gasteiger partial charge is 0.275 e. The average molecular weight is 380 g/mol. The van der Waals surface area contributed by atoms with Crippen LogP contribution >= 0.6 is 0 Å². The maximum Gasteiger partial charge on any atom is 0.182 e. The van der Waals surface area contributed by atoms with Gasteiger partial charge in [0.2, 0.25) is 0 Å². The molecule has 0 aliphatic carbocycles. The van der Waals surface area contributed by atoms with Crippen molar-refractivity contribution in [3.05, 3.63) is 84.4 Å². The lowest BCUT2D eigenvalue weighted by Crippen LogP contribution is -2.03. The van der Waals surface area contributed by atoms with Crippen molar-refractivity contribution in [2.24, 2.45) is 7.05 Å². The Hall–Kier alpha value is -3.80. The van der Waals surface area contributed by atoms with E-state index >= 15 is 0 Å². The van der Waals surface area contributed by atoms with E-state index in [1.54, 1.807) is 4.68 Å². The van der Waals surface area contributed by atoms with Gasteiger partial charge in [-0.1, -0.05) is 36.4 Å². The van der Waals surface area contributed by atoms with Gasteiger partial charge in [0, 0.05) is 36.3 Å². The van der Waals surface area contributed by atoms with Crippen LogP contribution in [-0.2, 0) is 13.6 Å². The molecule has 0 N–H and O–H groups in total. The van der Waals surface area contributed by atoms with Crippen LogP contribution in [0.2, 0.25) is 0 Å². The summed E-state index contributed by atoms with van der Waals surface area (Å²) in [6, 6.07) is 18.4. The molecule has 5 rings (SSSR count). The Labute approximate surface area is 168 Å². The van der Waals surface area contributed by atoms with Crippen molar-refractivity contribution in [3.63, 3.8) is 0 Å². The molecule has 0 bridgehead atoms. The van der Waals surface area contributed by atoms with E-state index in [-0.39, 0.29) is 0 Å². The van der Waals surface area contributed by atoms with Crippen molar-refractivity contribution in [2.45, 2.75) is 13.5 Å². The van der Waals surface area contributed by atoms with E-state index in [9.17, 15) is 0 Å². The lowest BCUT2D eigenvalue weighted by molar-refractivity contribution is 0.671. The zero-order valence-corrected chi connectivity index (χ0v) is 16.3. The van der Waals surface area contributed by atoms with E-state index in [4.69, 9.17) is 10.1 Å². The molecule has 4 aromatic heterocycles. The van der Waals surface area contributed by atoms with Crippen LogP contribution in [0.25, 0.3) is 33.5 Å². The van der Waals surface area contributed by atoms with Crippen LogP contribution in [0.1, 0.15) is 11.3 Å². The molecule has 0 aliphatic rings. The highest BCUT2D eigenvalue weighted by atomic mass is 15.3. The highest BCUT2D eigenvalue weighted by Crippen LogP contribution is 2.32. The van der Waals surface area contributed by atoms with Crippen LogP contribution in [0.15, 0.2) is 73.2 Å². The van der Waals surface area contributed by atoms with Crippen molar-refractivity contribution < 1.29 is 0 Å². The van der Waals surface area contributed by atoms with E-state index in [0.717, 1.165) is 39.2 Å². The number of aromatic nitrogens is 6. The first-order chi connectivity index (χ1) is 14.2. The minimum Gasteiger partial charge on any atom is -0.275 e. The normalized spacial score (nSPS) is 11.2. The SMILES string of the molecule is Cc1c2c(-c3ccccn3)cc(-c3cnn(C)c3)nc2nn1Cc1ccccc1. The molecule has 142 valence electrons. The fraction of sp³-hybridized carbons (Fsp3) is 0.130. The van der Waals surface area contributed by atoms with Gasteiger partial charge in [0.25, 0.3) is 0 Å². The van der Waals surface area contributed by atoms with Gasteiger partial charge in [0.15, 0.2) is 5.65 Å². The lowest BCUT2D eigenvalue weighted by Gasteiger charge is -2.07. The van der Waals surface area contributed by atoms with Gasteiger partial charge >= 0.3 is 0 Å². The van der Waals surface area contributed by atoms with Gasteiger partial charge in [-0.05, 0) is 30.7 Å². The molecule has 29 heavy (non-hydrogen) atoms. The molecular weight excluding hydrogens is 360 g/mol. The Morgan fingerprint density at radius 3 is 2.52 bits per heavy atom. The molecule has 1 aromatic carbocycles. The molecule has 4 heterocycles. The molecule has 0 unspecified atom stereocenters. The van der Waals surface area contributed by atoms with E-state index in [0.29, 0.717) is 6.54 Å². The minimum atomic E-state index is 0.701. The third-order valence-electron chi connectivity index (χ3n) is 5.08. The Morgan fingerprint density at radius 2 is 1.79 bits per heavy atom. The first kappa shape index (κ1) is 17.3.